The summed E-state index contributed by atoms with van der Waals surface area (Å²) in [6, 6.07) is 11.5. The number of benzene rings is 2. The first kappa shape index (κ1) is 20.4. The van der Waals surface area contributed by atoms with Crippen molar-refractivity contribution in [1.29, 1.82) is 0 Å². The van der Waals surface area contributed by atoms with Crippen LogP contribution in [0.5, 0.6) is 17.2 Å². The number of aromatic hydroxyl groups is 1. The molecule has 0 radical (unpaired) electrons. The van der Waals surface area contributed by atoms with Crippen molar-refractivity contribution >= 4 is 5.96 Å². The molecule has 0 saturated heterocycles. The van der Waals surface area contributed by atoms with E-state index in [9.17, 15) is 5.11 Å². The topological polar surface area (TPSA) is 75.1 Å². The lowest BCUT2D eigenvalue weighted by Gasteiger charge is -2.20. The Balaban J connectivity index is 2.20. The summed E-state index contributed by atoms with van der Waals surface area (Å²) in [5.41, 5.74) is 2.93. The number of aliphatic imine (C=N–C) groups is 1. The maximum absolute atomic E-state index is 10.2. The summed E-state index contributed by atoms with van der Waals surface area (Å²) in [6.45, 7) is 7.19. The minimum absolute atomic E-state index is 0.00319. The molecule has 27 heavy (non-hydrogen) atoms. The summed E-state index contributed by atoms with van der Waals surface area (Å²) in [6.07, 6.45) is 0. The van der Waals surface area contributed by atoms with E-state index in [1.54, 1.807) is 13.2 Å². The molecule has 1 unspecified atom stereocenters. The van der Waals surface area contributed by atoms with Crippen LogP contribution in [0.4, 0.5) is 0 Å². The van der Waals surface area contributed by atoms with Gasteiger partial charge in [-0.1, -0.05) is 29.8 Å². The Labute approximate surface area is 161 Å². The van der Waals surface area contributed by atoms with Gasteiger partial charge in [-0.05, 0) is 32.9 Å². The van der Waals surface area contributed by atoms with Gasteiger partial charge in [-0.2, -0.15) is 0 Å². The quantitative estimate of drug-likeness (QED) is 0.513. The third-order valence-electron chi connectivity index (χ3n) is 4.26. The zero-order valence-electron chi connectivity index (χ0n) is 16.7. The van der Waals surface area contributed by atoms with Gasteiger partial charge in [0.25, 0.3) is 0 Å². The highest BCUT2D eigenvalue weighted by molar-refractivity contribution is 5.80. The highest BCUT2D eigenvalue weighted by Crippen LogP contribution is 2.30. The molecule has 0 spiro atoms. The van der Waals surface area contributed by atoms with Crippen LogP contribution in [0.15, 0.2) is 41.4 Å². The predicted octanol–water partition coefficient (Wildman–Crippen LogP) is 3.53. The Hall–Kier alpha value is -2.89. The molecule has 2 aromatic carbocycles. The Morgan fingerprint density at radius 3 is 2.56 bits per heavy atom. The molecule has 0 aromatic heterocycles. The summed E-state index contributed by atoms with van der Waals surface area (Å²) in [5, 5.41) is 16.9. The van der Waals surface area contributed by atoms with Crippen LogP contribution in [-0.2, 0) is 6.54 Å². The van der Waals surface area contributed by atoms with Gasteiger partial charge in [-0.3, -0.25) is 0 Å². The van der Waals surface area contributed by atoms with E-state index in [1.165, 1.54) is 12.7 Å². The lowest BCUT2D eigenvalue weighted by atomic mass is 10.0. The van der Waals surface area contributed by atoms with Gasteiger partial charge < -0.3 is 25.2 Å². The largest absolute Gasteiger partial charge is 0.504 e. The van der Waals surface area contributed by atoms with E-state index in [4.69, 9.17) is 9.47 Å². The van der Waals surface area contributed by atoms with Gasteiger partial charge in [-0.15, -0.1) is 0 Å². The van der Waals surface area contributed by atoms with Crippen molar-refractivity contribution in [3.8, 4) is 17.2 Å². The maximum Gasteiger partial charge on any atom is 0.192 e. The standard InChI is InChI=1S/C21H29N3O3/c1-6-22-21(23-13-16-8-7-9-19(27-5)20(16)25)24-15(3)17-12-14(2)10-11-18(17)26-4/h7-12,15,25H,6,13H2,1-5H3,(H2,22,23,24). The normalized spacial score (nSPS) is 12.4. The second-order valence-corrected chi connectivity index (χ2v) is 6.27. The van der Waals surface area contributed by atoms with E-state index >= 15 is 0 Å². The zero-order valence-corrected chi connectivity index (χ0v) is 16.7. The molecule has 0 aliphatic heterocycles. The molecule has 3 N–H and O–H groups in total. The van der Waals surface area contributed by atoms with Crippen LogP contribution in [0.25, 0.3) is 0 Å². The number of aryl methyl sites for hydroxylation is 1. The molecular weight excluding hydrogens is 342 g/mol. The number of hydrogen-bond donors (Lipinski definition) is 3. The predicted molar refractivity (Wildman–Crippen MR) is 109 cm³/mol. The van der Waals surface area contributed by atoms with Crippen LogP contribution in [-0.4, -0.2) is 31.8 Å². The first-order chi connectivity index (χ1) is 13.0. The molecule has 146 valence electrons. The minimum Gasteiger partial charge on any atom is -0.504 e. The number of nitrogens with zero attached hydrogens (tertiary/aromatic N) is 1. The monoisotopic (exact) mass is 371 g/mol. The van der Waals surface area contributed by atoms with Gasteiger partial charge in [0.15, 0.2) is 17.5 Å². The molecule has 2 rings (SSSR count). The second kappa shape index (κ2) is 9.71. The second-order valence-electron chi connectivity index (χ2n) is 6.27. The van der Waals surface area contributed by atoms with Crippen molar-refractivity contribution in [2.75, 3.05) is 20.8 Å². The first-order valence-corrected chi connectivity index (χ1v) is 9.04. The number of rotatable bonds is 7. The molecule has 6 heteroatoms. The third-order valence-corrected chi connectivity index (χ3v) is 4.26. The fraction of sp³-hybridized carbons (Fsp3) is 0.381. The number of hydrogen-bond acceptors (Lipinski definition) is 4. The Kier molecular flexibility index (Phi) is 7.34. The van der Waals surface area contributed by atoms with Gasteiger partial charge in [0.05, 0.1) is 26.8 Å². The lowest BCUT2D eigenvalue weighted by Crippen LogP contribution is -2.38. The summed E-state index contributed by atoms with van der Waals surface area (Å²) in [5.74, 6) is 2.06. The van der Waals surface area contributed by atoms with Crippen molar-refractivity contribution < 1.29 is 14.6 Å². The average molecular weight is 371 g/mol. The Morgan fingerprint density at radius 2 is 1.89 bits per heavy atom. The SMILES string of the molecule is CCNC(=NCc1cccc(OC)c1O)NC(C)c1cc(C)ccc1OC. The number of methoxy groups -OCH3 is 2. The first-order valence-electron chi connectivity index (χ1n) is 9.04. The van der Waals surface area contributed by atoms with Crippen LogP contribution < -0.4 is 20.1 Å². The van der Waals surface area contributed by atoms with Crippen molar-refractivity contribution in [1.82, 2.24) is 10.6 Å². The zero-order chi connectivity index (χ0) is 19.8. The highest BCUT2D eigenvalue weighted by atomic mass is 16.5. The number of phenols is 1. The molecule has 0 saturated carbocycles. The molecule has 2 aromatic rings. The van der Waals surface area contributed by atoms with Crippen molar-refractivity contribution in [2.45, 2.75) is 33.4 Å². The van der Waals surface area contributed by atoms with E-state index in [0.29, 0.717) is 23.8 Å². The number of para-hydroxylation sites is 1. The fourth-order valence-electron chi connectivity index (χ4n) is 2.82. The average Bonchev–Trinajstić information content (AvgIpc) is 2.67. The van der Waals surface area contributed by atoms with E-state index in [0.717, 1.165) is 17.9 Å². The minimum atomic E-state index is -0.00319. The van der Waals surface area contributed by atoms with E-state index < -0.39 is 0 Å². The van der Waals surface area contributed by atoms with Gasteiger partial charge in [0.2, 0.25) is 0 Å². The Bertz CT molecular complexity index is 790. The number of ether oxygens (including phenoxy) is 2. The molecule has 6 nitrogen and oxygen atoms in total. The molecule has 0 aliphatic rings. The van der Waals surface area contributed by atoms with Crippen LogP contribution in [0.3, 0.4) is 0 Å². The van der Waals surface area contributed by atoms with Gasteiger partial charge >= 0.3 is 0 Å². The van der Waals surface area contributed by atoms with E-state index in [-0.39, 0.29) is 11.8 Å². The highest BCUT2D eigenvalue weighted by Gasteiger charge is 2.14. The summed E-state index contributed by atoms with van der Waals surface area (Å²) < 4.78 is 10.6. The van der Waals surface area contributed by atoms with Gasteiger partial charge in [0.1, 0.15) is 5.75 Å². The number of phenolic OH excluding ortho intramolecular Hbond substituents is 1. The molecule has 0 heterocycles. The molecule has 0 fully saturated rings. The van der Waals surface area contributed by atoms with Crippen LogP contribution in [0.1, 0.15) is 36.6 Å². The fourth-order valence-corrected chi connectivity index (χ4v) is 2.82. The van der Waals surface area contributed by atoms with E-state index in [2.05, 4.69) is 35.5 Å². The maximum atomic E-state index is 10.2. The van der Waals surface area contributed by atoms with Crippen LogP contribution >= 0.6 is 0 Å². The van der Waals surface area contributed by atoms with Gasteiger partial charge in [0, 0.05) is 17.7 Å². The van der Waals surface area contributed by atoms with Crippen molar-refractivity contribution in [3.63, 3.8) is 0 Å². The summed E-state index contributed by atoms with van der Waals surface area (Å²) in [4.78, 5) is 4.60. The van der Waals surface area contributed by atoms with Crippen molar-refractivity contribution in [2.24, 2.45) is 4.99 Å². The van der Waals surface area contributed by atoms with Gasteiger partial charge in [-0.25, -0.2) is 4.99 Å². The summed E-state index contributed by atoms with van der Waals surface area (Å²) >= 11 is 0. The smallest absolute Gasteiger partial charge is 0.192 e. The van der Waals surface area contributed by atoms with E-state index in [1.807, 2.05) is 31.2 Å². The number of nitrogens with one attached hydrogen (secondary N) is 2. The number of guanidine groups is 1. The molecule has 0 amide bonds. The van der Waals surface area contributed by atoms with Crippen molar-refractivity contribution in [3.05, 3.63) is 53.1 Å². The molecular formula is C21H29N3O3. The van der Waals surface area contributed by atoms with Crippen LogP contribution in [0.2, 0.25) is 0 Å². The lowest BCUT2D eigenvalue weighted by molar-refractivity contribution is 0.370. The molecule has 0 aliphatic carbocycles. The molecule has 1 atom stereocenters. The molecule has 0 bridgehead atoms. The third kappa shape index (κ3) is 5.29. The Morgan fingerprint density at radius 1 is 1.15 bits per heavy atom. The summed E-state index contributed by atoms with van der Waals surface area (Å²) in [7, 11) is 3.20. The van der Waals surface area contributed by atoms with Crippen LogP contribution in [0, 0.1) is 6.92 Å².